The van der Waals surface area contributed by atoms with Gasteiger partial charge in [0.15, 0.2) is 0 Å². The summed E-state index contributed by atoms with van der Waals surface area (Å²) >= 11 is 0. The zero-order valence-corrected chi connectivity index (χ0v) is 6.91. The summed E-state index contributed by atoms with van der Waals surface area (Å²) in [6, 6.07) is -0.197. The molecule has 3 unspecified atom stereocenters. The van der Waals surface area contributed by atoms with E-state index < -0.39 is 11.8 Å². The van der Waals surface area contributed by atoms with Gasteiger partial charge in [-0.05, 0) is 18.8 Å². The minimum atomic E-state index is -2.44. The first-order valence-electron chi connectivity index (χ1n) is 3.76. The monoisotopic (exact) mass is 183 g/mol. The van der Waals surface area contributed by atoms with Crippen LogP contribution in [-0.2, 0) is 0 Å². The predicted molar refractivity (Wildman–Crippen MR) is 41.0 cm³/mol. The van der Waals surface area contributed by atoms with Gasteiger partial charge in [-0.3, -0.25) is 0 Å². The van der Waals surface area contributed by atoms with Crippen LogP contribution in [0.3, 0.4) is 0 Å². The summed E-state index contributed by atoms with van der Waals surface area (Å²) in [5.41, 5.74) is 5.47. The highest BCUT2D eigenvalue weighted by molar-refractivity contribution is 5.85. The third kappa shape index (κ3) is 1.25. The molecule has 0 spiro atoms. The van der Waals surface area contributed by atoms with Crippen LogP contribution < -0.4 is 5.73 Å². The van der Waals surface area contributed by atoms with Crippen molar-refractivity contribution in [2.24, 2.45) is 17.6 Å². The normalized spacial score (nSPS) is 45.5. The smallest absolute Gasteiger partial charge is 0.252 e. The summed E-state index contributed by atoms with van der Waals surface area (Å²) < 4.78 is 25.6. The van der Waals surface area contributed by atoms with E-state index in [2.05, 4.69) is 0 Å². The number of nitrogens with two attached hydrogens (primary N) is 1. The van der Waals surface area contributed by atoms with E-state index in [0.29, 0.717) is 6.42 Å². The second kappa shape index (κ2) is 2.56. The number of halogens is 3. The molecule has 11 heavy (non-hydrogen) atoms. The lowest BCUT2D eigenvalue weighted by molar-refractivity contribution is -0.0500. The lowest BCUT2D eigenvalue weighted by atomic mass is 9.97. The Balaban J connectivity index is 0.000000605. The van der Waals surface area contributed by atoms with Crippen molar-refractivity contribution in [2.45, 2.75) is 31.2 Å². The van der Waals surface area contributed by atoms with E-state index in [0.717, 1.165) is 6.42 Å². The van der Waals surface area contributed by atoms with Crippen molar-refractivity contribution >= 4 is 12.4 Å². The maximum absolute atomic E-state index is 12.8. The highest BCUT2D eigenvalue weighted by Gasteiger charge is 2.62. The molecular formula is C7H12ClF2N. The summed E-state index contributed by atoms with van der Waals surface area (Å²) in [6.07, 6.45) is 1.63. The molecule has 0 aliphatic heterocycles. The van der Waals surface area contributed by atoms with Crippen molar-refractivity contribution in [3.8, 4) is 0 Å². The van der Waals surface area contributed by atoms with Gasteiger partial charge in [-0.15, -0.1) is 12.4 Å². The van der Waals surface area contributed by atoms with Gasteiger partial charge in [0.2, 0.25) is 0 Å². The van der Waals surface area contributed by atoms with Crippen LogP contribution in [0.15, 0.2) is 0 Å². The zero-order valence-electron chi connectivity index (χ0n) is 6.09. The van der Waals surface area contributed by atoms with Crippen molar-refractivity contribution < 1.29 is 8.78 Å². The molecule has 1 nitrogen and oxygen atoms in total. The van der Waals surface area contributed by atoms with Crippen LogP contribution in [0.2, 0.25) is 0 Å². The molecule has 0 amide bonds. The summed E-state index contributed by atoms with van der Waals surface area (Å²) in [5, 5.41) is 0. The number of rotatable bonds is 0. The fourth-order valence-corrected chi connectivity index (χ4v) is 2.11. The number of alkyl halides is 2. The molecular weight excluding hydrogens is 172 g/mol. The van der Waals surface area contributed by atoms with Crippen molar-refractivity contribution in [1.82, 2.24) is 0 Å². The zero-order chi connectivity index (χ0) is 7.35. The molecule has 0 aromatic heterocycles. The van der Waals surface area contributed by atoms with E-state index in [1.165, 1.54) is 0 Å². The van der Waals surface area contributed by atoms with E-state index in [4.69, 9.17) is 5.73 Å². The molecule has 0 aromatic carbocycles. The first-order chi connectivity index (χ1) is 4.63. The Labute approximate surface area is 70.7 Å². The maximum atomic E-state index is 12.8. The highest BCUT2D eigenvalue weighted by Crippen LogP contribution is 2.56. The van der Waals surface area contributed by atoms with Crippen LogP contribution >= 0.6 is 12.4 Å². The van der Waals surface area contributed by atoms with Crippen LogP contribution in [0.5, 0.6) is 0 Å². The van der Waals surface area contributed by atoms with E-state index >= 15 is 0 Å². The highest BCUT2D eigenvalue weighted by atomic mass is 35.5. The SMILES string of the molecule is Cl.NC1C2CCCC(F)(F)C12. The molecule has 66 valence electrons. The van der Waals surface area contributed by atoms with E-state index in [-0.39, 0.29) is 30.8 Å². The molecule has 2 N–H and O–H groups in total. The molecule has 2 saturated carbocycles. The number of hydrogen-bond donors (Lipinski definition) is 1. The van der Waals surface area contributed by atoms with Gasteiger partial charge in [0.05, 0.1) is 0 Å². The van der Waals surface area contributed by atoms with Gasteiger partial charge in [-0.25, -0.2) is 8.78 Å². The van der Waals surface area contributed by atoms with Crippen LogP contribution in [0, 0.1) is 11.8 Å². The number of hydrogen-bond acceptors (Lipinski definition) is 1. The molecule has 0 aromatic rings. The molecule has 0 bridgehead atoms. The molecule has 2 rings (SSSR count). The third-order valence-electron chi connectivity index (χ3n) is 2.76. The lowest BCUT2D eigenvalue weighted by Gasteiger charge is -2.19. The Morgan fingerprint density at radius 2 is 2.00 bits per heavy atom. The minimum absolute atomic E-state index is 0. The van der Waals surface area contributed by atoms with Crippen molar-refractivity contribution in [3.05, 3.63) is 0 Å². The van der Waals surface area contributed by atoms with Crippen LogP contribution in [0.1, 0.15) is 19.3 Å². The first-order valence-corrected chi connectivity index (χ1v) is 3.76. The molecule has 2 aliphatic carbocycles. The summed E-state index contributed by atoms with van der Waals surface area (Å²) in [7, 11) is 0. The molecule has 4 heteroatoms. The van der Waals surface area contributed by atoms with E-state index in [1.807, 2.05) is 0 Å². The Kier molecular flexibility index (Phi) is 2.14. The maximum Gasteiger partial charge on any atom is 0.252 e. The van der Waals surface area contributed by atoms with Gasteiger partial charge >= 0.3 is 0 Å². The fraction of sp³-hybridized carbons (Fsp3) is 1.00. The standard InChI is InChI=1S/C7H11F2N.ClH/c8-7(9)3-1-2-4-5(7)6(4)10;/h4-6H,1-3,10H2;1H. The Bertz CT molecular complexity index is 163. The van der Waals surface area contributed by atoms with Gasteiger partial charge in [-0.2, -0.15) is 0 Å². The van der Waals surface area contributed by atoms with Crippen molar-refractivity contribution in [2.75, 3.05) is 0 Å². The van der Waals surface area contributed by atoms with Gasteiger partial charge in [0.1, 0.15) is 0 Å². The average molecular weight is 184 g/mol. The lowest BCUT2D eigenvalue weighted by Crippen LogP contribution is -2.25. The van der Waals surface area contributed by atoms with E-state index in [9.17, 15) is 8.78 Å². The van der Waals surface area contributed by atoms with Gasteiger partial charge in [-0.1, -0.05) is 0 Å². The molecule has 0 heterocycles. The Hall–Kier alpha value is 0.110. The van der Waals surface area contributed by atoms with Crippen molar-refractivity contribution in [1.29, 1.82) is 0 Å². The van der Waals surface area contributed by atoms with Gasteiger partial charge in [0.25, 0.3) is 5.92 Å². The second-order valence-corrected chi connectivity index (χ2v) is 3.42. The molecule has 0 saturated heterocycles. The predicted octanol–water partition coefficient (Wildman–Crippen LogP) is 1.80. The Morgan fingerprint density at radius 1 is 1.36 bits per heavy atom. The third-order valence-corrected chi connectivity index (χ3v) is 2.76. The van der Waals surface area contributed by atoms with Crippen LogP contribution in [-0.4, -0.2) is 12.0 Å². The number of fused-ring (bicyclic) bond motifs is 1. The summed E-state index contributed by atoms with van der Waals surface area (Å²) in [6.45, 7) is 0. The van der Waals surface area contributed by atoms with Crippen LogP contribution in [0.4, 0.5) is 8.78 Å². The van der Waals surface area contributed by atoms with Crippen molar-refractivity contribution in [3.63, 3.8) is 0 Å². The average Bonchev–Trinajstić information content (AvgIpc) is 2.43. The quantitative estimate of drug-likeness (QED) is 0.609. The summed E-state index contributed by atoms with van der Waals surface area (Å²) in [4.78, 5) is 0. The van der Waals surface area contributed by atoms with Crippen LogP contribution in [0.25, 0.3) is 0 Å². The second-order valence-electron chi connectivity index (χ2n) is 3.42. The molecule has 0 radical (unpaired) electrons. The van der Waals surface area contributed by atoms with E-state index in [1.54, 1.807) is 0 Å². The first kappa shape index (κ1) is 9.20. The topological polar surface area (TPSA) is 26.0 Å². The van der Waals surface area contributed by atoms with Gasteiger partial charge in [0, 0.05) is 18.4 Å². The Morgan fingerprint density at radius 3 is 2.45 bits per heavy atom. The molecule has 2 aliphatic rings. The fourth-order valence-electron chi connectivity index (χ4n) is 2.11. The van der Waals surface area contributed by atoms with Gasteiger partial charge < -0.3 is 5.73 Å². The molecule has 2 fully saturated rings. The largest absolute Gasteiger partial charge is 0.327 e. The molecule has 3 atom stereocenters. The minimum Gasteiger partial charge on any atom is -0.327 e. The summed E-state index contributed by atoms with van der Waals surface area (Å²) in [5.74, 6) is -2.77.